The summed E-state index contributed by atoms with van der Waals surface area (Å²) in [5.41, 5.74) is 1.09. The molecule has 1 N–H and O–H groups in total. The number of hydrogen-bond acceptors (Lipinski definition) is 4. The van der Waals surface area contributed by atoms with E-state index in [2.05, 4.69) is 9.88 Å². The molecule has 1 aromatic heterocycles. The third kappa shape index (κ3) is 2.82. The molecular weight excluding hydrogens is 288 g/mol. The van der Waals surface area contributed by atoms with Crippen molar-refractivity contribution in [3.05, 3.63) is 53.2 Å². The van der Waals surface area contributed by atoms with Crippen molar-refractivity contribution in [2.24, 2.45) is 0 Å². The second kappa shape index (κ2) is 5.92. The number of hydrogen-bond donors (Lipinski definition) is 1. The van der Waals surface area contributed by atoms with Gasteiger partial charge in [0.1, 0.15) is 11.6 Å². The molecule has 0 aliphatic carbocycles. The minimum Gasteiger partial charge on any atom is -0.497 e. The number of ether oxygens (including phenoxy) is 1. The standard InChI is InChI=1S/C16H17ClN2O2/c1-21-13-5-2-4-11(8-13)15-9-12(20)10-19(15)16-14(17)6-3-7-18-16/h2-8,12,15,20H,9-10H2,1H3/t12-,15-/m1/s1. The second-order valence-corrected chi connectivity index (χ2v) is 5.55. The maximum atomic E-state index is 10.1. The molecule has 1 aliphatic heterocycles. The quantitative estimate of drug-likeness (QED) is 0.946. The average Bonchev–Trinajstić information content (AvgIpc) is 2.89. The van der Waals surface area contributed by atoms with Crippen LogP contribution in [0.3, 0.4) is 0 Å². The maximum Gasteiger partial charge on any atom is 0.147 e. The maximum absolute atomic E-state index is 10.1. The van der Waals surface area contributed by atoms with E-state index in [1.165, 1.54) is 0 Å². The molecule has 1 aliphatic rings. The van der Waals surface area contributed by atoms with E-state index in [-0.39, 0.29) is 12.1 Å². The van der Waals surface area contributed by atoms with Crippen LogP contribution in [0.2, 0.25) is 5.02 Å². The molecule has 5 heteroatoms. The largest absolute Gasteiger partial charge is 0.497 e. The van der Waals surface area contributed by atoms with E-state index < -0.39 is 0 Å². The Morgan fingerprint density at radius 1 is 1.33 bits per heavy atom. The third-order valence-electron chi connectivity index (χ3n) is 3.77. The molecule has 1 saturated heterocycles. The van der Waals surface area contributed by atoms with E-state index in [4.69, 9.17) is 16.3 Å². The Morgan fingerprint density at radius 2 is 2.19 bits per heavy atom. The zero-order chi connectivity index (χ0) is 14.8. The molecule has 2 heterocycles. The van der Waals surface area contributed by atoms with E-state index in [1.807, 2.05) is 30.3 Å². The minimum absolute atomic E-state index is 0.0440. The lowest BCUT2D eigenvalue weighted by atomic mass is 10.0. The first-order valence-electron chi connectivity index (χ1n) is 6.88. The Balaban J connectivity index is 1.97. The molecule has 3 rings (SSSR count). The summed E-state index contributed by atoms with van der Waals surface area (Å²) in [7, 11) is 1.65. The van der Waals surface area contributed by atoms with E-state index in [0.29, 0.717) is 23.8 Å². The first kappa shape index (κ1) is 14.2. The molecule has 0 unspecified atom stereocenters. The van der Waals surface area contributed by atoms with Crippen LogP contribution >= 0.6 is 11.6 Å². The van der Waals surface area contributed by atoms with Crippen molar-refractivity contribution in [3.63, 3.8) is 0 Å². The van der Waals surface area contributed by atoms with Crippen LogP contribution < -0.4 is 9.64 Å². The van der Waals surface area contributed by atoms with Gasteiger partial charge in [-0.1, -0.05) is 23.7 Å². The van der Waals surface area contributed by atoms with Gasteiger partial charge < -0.3 is 14.7 Å². The lowest BCUT2D eigenvalue weighted by molar-refractivity contribution is 0.194. The number of aliphatic hydroxyl groups excluding tert-OH is 1. The predicted molar refractivity (Wildman–Crippen MR) is 83.0 cm³/mol. The lowest BCUT2D eigenvalue weighted by Gasteiger charge is -2.26. The molecule has 21 heavy (non-hydrogen) atoms. The first-order chi connectivity index (χ1) is 10.2. The van der Waals surface area contributed by atoms with Crippen molar-refractivity contribution in [2.75, 3.05) is 18.6 Å². The van der Waals surface area contributed by atoms with Crippen LogP contribution in [0.15, 0.2) is 42.6 Å². The molecule has 0 bridgehead atoms. The number of halogens is 1. The zero-order valence-electron chi connectivity index (χ0n) is 11.7. The molecular formula is C16H17ClN2O2. The zero-order valence-corrected chi connectivity index (χ0v) is 12.5. The van der Waals surface area contributed by atoms with Crippen LogP contribution in [-0.4, -0.2) is 29.8 Å². The fourth-order valence-corrected chi connectivity index (χ4v) is 3.03. The highest BCUT2D eigenvalue weighted by Gasteiger charge is 2.34. The van der Waals surface area contributed by atoms with Crippen LogP contribution in [0.5, 0.6) is 5.75 Å². The number of β-amino-alcohol motifs (C(OH)–C–C–N with tert-alkyl or cyclic N) is 1. The van der Waals surface area contributed by atoms with Gasteiger partial charge in [0.15, 0.2) is 0 Å². The van der Waals surface area contributed by atoms with Crippen LogP contribution in [0, 0.1) is 0 Å². The number of aliphatic hydroxyl groups is 1. The van der Waals surface area contributed by atoms with Gasteiger partial charge in [0.2, 0.25) is 0 Å². The Morgan fingerprint density at radius 3 is 2.95 bits per heavy atom. The van der Waals surface area contributed by atoms with Gasteiger partial charge in [-0.25, -0.2) is 4.98 Å². The summed E-state index contributed by atoms with van der Waals surface area (Å²) in [6.45, 7) is 0.526. The second-order valence-electron chi connectivity index (χ2n) is 5.14. The Hall–Kier alpha value is -1.78. The number of methoxy groups -OCH3 is 1. The average molecular weight is 305 g/mol. The molecule has 0 radical (unpaired) electrons. The molecule has 1 aromatic carbocycles. The monoisotopic (exact) mass is 304 g/mol. The first-order valence-corrected chi connectivity index (χ1v) is 7.26. The Labute approximate surface area is 128 Å². The Bertz CT molecular complexity index is 635. The van der Waals surface area contributed by atoms with Crippen LogP contribution in [0.4, 0.5) is 5.82 Å². The number of aromatic nitrogens is 1. The molecule has 0 saturated carbocycles. The topological polar surface area (TPSA) is 45.6 Å². The van der Waals surface area contributed by atoms with Gasteiger partial charge in [0.05, 0.1) is 24.3 Å². The highest BCUT2D eigenvalue weighted by molar-refractivity contribution is 6.32. The van der Waals surface area contributed by atoms with Crippen molar-refractivity contribution < 1.29 is 9.84 Å². The predicted octanol–water partition coefficient (Wildman–Crippen LogP) is 3.06. The van der Waals surface area contributed by atoms with Gasteiger partial charge in [-0.3, -0.25) is 0 Å². The SMILES string of the molecule is COc1cccc([C@H]2C[C@@H](O)CN2c2ncccc2Cl)c1. The molecule has 4 nitrogen and oxygen atoms in total. The number of rotatable bonds is 3. The normalized spacial score (nSPS) is 21.6. The number of nitrogens with zero attached hydrogens (tertiary/aromatic N) is 2. The van der Waals surface area contributed by atoms with Gasteiger partial charge in [-0.05, 0) is 36.2 Å². The van der Waals surface area contributed by atoms with E-state index >= 15 is 0 Å². The summed E-state index contributed by atoms with van der Waals surface area (Å²) >= 11 is 6.25. The van der Waals surface area contributed by atoms with Gasteiger partial charge in [0, 0.05) is 12.7 Å². The highest BCUT2D eigenvalue weighted by Crippen LogP contribution is 2.38. The van der Waals surface area contributed by atoms with Gasteiger partial charge in [-0.15, -0.1) is 0 Å². The van der Waals surface area contributed by atoms with Gasteiger partial charge in [0.25, 0.3) is 0 Å². The van der Waals surface area contributed by atoms with Gasteiger partial charge in [-0.2, -0.15) is 0 Å². The summed E-state index contributed by atoms with van der Waals surface area (Å²) in [5.74, 6) is 1.52. The molecule has 110 valence electrons. The van der Waals surface area contributed by atoms with Crippen molar-refractivity contribution in [1.29, 1.82) is 0 Å². The number of anilines is 1. The summed E-state index contributed by atoms with van der Waals surface area (Å²) in [5, 5.41) is 10.7. The molecule has 2 aromatic rings. The lowest BCUT2D eigenvalue weighted by Crippen LogP contribution is -2.25. The molecule has 0 spiro atoms. The highest BCUT2D eigenvalue weighted by atomic mass is 35.5. The van der Waals surface area contributed by atoms with Crippen LogP contribution in [0.1, 0.15) is 18.0 Å². The van der Waals surface area contributed by atoms with Crippen LogP contribution in [-0.2, 0) is 0 Å². The molecule has 0 amide bonds. The smallest absolute Gasteiger partial charge is 0.147 e. The summed E-state index contributed by atoms with van der Waals surface area (Å²) in [6, 6.07) is 11.6. The summed E-state index contributed by atoms with van der Waals surface area (Å²) in [4.78, 5) is 6.42. The van der Waals surface area contributed by atoms with E-state index in [9.17, 15) is 5.11 Å². The summed E-state index contributed by atoms with van der Waals surface area (Å²) < 4.78 is 5.28. The number of benzene rings is 1. The van der Waals surface area contributed by atoms with Crippen molar-refractivity contribution in [3.8, 4) is 5.75 Å². The van der Waals surface area contributed by atoms with Crippen molar-refractivity contribution in [2.45, 2.75) is 18.6 Å². The Kier molecular flexibility index (Phi) is 3.99. The fourth-order valence-electron chi connectivity index (χ4n) is 2.80. The number of pyridine rings is 1. The summed E-state index contributed by atoms with van der Waals surface area (Å²) in [6.07, 6.45) is 1.98. The molecule has 2 atom stereocenters. The molecule has 1 fully saturated rings. The third-order valence-corrected chi connectivity index (χ3v) is 4.06. The van der Waals surface area contributed by atoms with Crippen molar-refractivity contribution >= 4 is 17.4 Å². The fraction of sp³-hybridized carbons (Fsp3) is 0.312. The van der Waals surface area contributed by atoms with E-state index in [1.54, 1.807) is 19.4 Å². The minimum atomic E-state index is -0.390. The van der Waals surface area contributed by atoms with E-state index in [0.717, 1.165) is 11.3 Å². The van der Waals surface area contributed by atoms with Crippen molar-refractivity contribution in [1.82, 2.24) is 4.98 Å². The van der Waals surface area contributed by atoms with Crippen LogP contribution in [0.25, 0.3) is 0 Å². The van der Waals surface area contributed by atoms with Gasteiger partial charge >= 0.3 is 0 Å².